The Morgan fingerprint density at radius 1 is 1.32 bits per heavy atom. The lowest BCUT2D eigenvalue weighted by molar-refractivity contribution is -0.142. The summed E-state index contributed by atoms with van der Waals surface area (Å²) >= 11 is 0. The molecule has 0 spiro atoms. The predicted octanol–water partition coefficient (Wildman–Crippen LogP) is 0.257. The largest absolute Gasteiger partial charge is 0.466 e. The zero-order valence-corrected chi connectivity index (χ0v) is 11.9. The van der Waals surface area contributed by atoms with Gasteiger partial charge in [-0.1, -0.05) is 0 Å². The van der Waals surface area contributed by atoms with Crippen LogP contribution in [-0.2, 0) is 19.6 Å². The Labute approximate surface area is 113 Å². The molecule has 1 N–H and O–H groups in total. The fourth-order valence-electron chi connectivity index (χ4n) is 3.11. The lowest BCUT2D eigenvalue weighted by Crippen LogP contribution is -2.48. The predicted molar refractivity (Wildman–Crippen MR) is 68.9 cm³/mol. The highest BCUT2D eigenvalue weighted by Crippen LogP contribution is 2.38. The van der Waals surface area contributed by atoms with Crippen molar-refractivity contribution in [3.05, 3.63) is 0 Å². The molecule has 19 heavy (non-hydrogen) atoms. The van der Waals surface area contributed by atoms with Crippen LogP contribution in [0.2, 0.25) is 0 Å². The van der Waals surface area contributed by atoms with E-state index < -0.39 is 22.1 Å². The van der Waals surface area contributed by atoms with Crippen LogP contribution in [-0.4, -0.2) is 54.3 Å². The second-order valence-corrected chi connectivity index (χ2v) is 7.20. The number of sulfonamides is 1. The Morgan fingerprint density at radius 2 is 1.89 bits per heavy atom. The Balaban J connectivity index is 1.99. The van der Waals surface area contributed by atoms with Crippen molar-refractivity contribution in [1.29, 1.82) is 0 Å². The molecule has 0 aromatic heterocycles. The third-order valence-electron chi connectivity index (χ3n) is 3.83. The first-order valence-corrected chi connectivity index (χ1v) is 8.40. The van der Waals surface area contributed by atoms with Crippen LogP contribution in [0, 0.1) is 0 Å². The first kappa shape index (κ1) is 14.7. The van der Waals surface area contributed by atoms with Gasteiger partial charge in [-0.15, -0.1) is 0 Å². The van der Waals surface area contributed by atoms with Crippen LogP contribution < -0.4 is 0 Å². The fourth-order valence-corrected chi connectivity index (χ4v) is 5.04. The topological polar surface area (TPSA) is 83.9 Å². The average molecular weight is 291 g/mol. The minimum absolute atomic E-state index is 0.0963. The second-order valence-electron chi connectivity index (χ2n) is 5.21. The molecule has 0 radical (unpaired) electrons. The standard InChI is InChI=1S/C12H21NO5S/c1-2-18-12(15)5-6-19(16,17)13-9-3-4-10(13)8-11(14)7-9/h9-11,14H,2-8H2,1H3. The molecule has 2 bridgehead atoms. The van der Waals surface area contributed by atoms with Gasteiger partial charge < -0.3 is 9.84 Å². The molecule has 0 saturated carbocycles. The van der Waals surface area contributed by atoms with Crippen molar-refractivity contribution in [2.24, 2.45) is 0 Å². The number of fused-ring (bicyclic) bond motifs is 2. The van der Waals surface area contributed by atoms with Crippen LogP contribution in [0.5, 0.6) is 0 Å². The Morgan fingerprint density at radius 3 is 2.42 bits per heavy atom. The highest BCUT2D eigenvalue weighted by molar-refractivity contribution is 7.89. The summed E-state index contributed by atoms with van der Waals surface area (Å²) in [6.45, 7) is 1.96. The molecule has 2 heterocycles. The molecule has 0 amide bonds. The number of nitrogens with zero attached hydrogens (tertiary/aromatic N) is 1. The van der Waals surface area contributed by atoms with Crippen molar-refractivity contribution in [3.63, 3.8) is 0 Å². The number of aliphatic hydroxyl groups excluding tert-OH is 1. The zero-order chi connectivity index (χ0) is 14.0. The van der Waals surface area contributed by atoms with Crippen LogP contribution in [0.3, 0.4) is 0 Å². The summed E-state index contributed by atoms with van der Waals surface area (Å²) in [5.74, 6) is -0.676. The van der Waals surface area contributed by atoms with Crippen LogP contribution in [0.4, 0.5) is 0 Å². The van der Waals surface area contributed by atoms with Gasteiger partial charge in [-0.2, -0.15) is 4.31 Å². The average Bonchev–Trinajstić information content (AvgIpc) is 2.61. The van der Waals surface area contributed by atoms with Gasteiger partial charge in [0.15, 0.2) is 0 Å². The van der Waals surface area contributed by atoms with Gasteiger partial charge in [0.2, 0.25) is 10.0 Å². The third-order valence-corrected chi connectivity index (χ3v) is 5.79. The molecule has 2 saturated heterocycles. The van der Waals surface area contributed by atoms with E-state index in [-0.39, 0.29) is 30.9 Å². The monoisotopic (exact) mass is 291 g/mol. The second kappa shape index (κ2) is 5.76. The number of hydrogen-bond donors (Lipinski definition) is 1. The molecular weight excluding hydrogens is 270 g/mol. The van der Waals surface area contributed by atoms with Crippen molar-refractivity contribution >= 4 is 16.0 Å². The summed E-state index contributed by atoms with van der Waals surface area (Å²) in [6, 6.07) is -0.193. The van der Waals surface area contributed by atoms with E-state index in [0.717, 1.165) is 12.8 Å². The quantitative estimate of drug-likeness (QED) is 0.734. The molecule has 2 fully saturated rings. The van der Waals surface area contributed by atoms with Gasteiger partial charge >= 0.3 is 5.97 Å². The van der Waals surface area contributed by atoms with Gasteiger partial charge in [-0.3, -0.25) is 4.79 Å². The number of esters is 1. The molecule has 2 aliphatic rings. The SMILES string of the molecule is CCOC(=O)CCS(=O)(=O)N1C2CCC1CC(O)C2. The smallest absolute Gasteiger partial charge is 0.306 e. The lowest BCUT2D eigenvalue weighted by atomic mass is 10.0. The molecule has 2 aliphatic heterocycles. The van der Waals surface area contributed by atoms with Crippen LogP contribution in [0.25, 0.3) is 0 Å². The van der Waals surface area contributed by atoms with E-state index in [4.69, 9.17) is 4.74 Å². The summed E-state index contributed by atoms with van der Waals surface area (Å²) < 4.78 is 30.9. The van der Waals surface area contributed by atoms with E-state index in [9.17, 15) is 18.3 Å². The first-order valence-electron chi connectivity index (χ1n) is 6.79. The molecule has 110 valence electrons. The van der Waals surface area contributed by atoms with E-state index in [2.05, 4.69) is 0 Å². The number of carbonyl (C=O) groups is 1. The fraction of sp³-hybridized carbons (Fsp3) is 0.917. The molecule has 2 atom stereocenters. The first-order chi connectivity index (χ1) is 8.94. The maximum absolute atomic E-state index is 12.3. The molecule has 7 heteroatoms. The summed E-state index contributed by atoms with van der Waals surface area (Å²) in [5, 5.41) is 9.67. The van der Waals surface area contributed by atoms with E-state index in [1.165, 1.54) is 4.31 Å². The maximum Gasteiger partial charge on any atom is 0.306 e. The van der Waals surface area contributed by atoms with E-state index in [1.54, 1.807) is 6.92 Å². The minimum Gasteiger partial charge on any atom is -0.466 e. The van der Waals surface area contributed by atoms with Crippen molar-refractivity contribution in [3.8, 4) is 0 Å². The number of carbonyl (C=O) groups excluding carboxylic acids is 1. The number of rotatable bonds is 5. The number of piperidine rings is 1. The lowest BCUT2D eigenvalue weighted by Gasteiger charge is -2.35. The number of hydrogen-bond acceptors (Lipinski definition) is 5. The van der Waals surface area contributed by atoms with Gasteiger partial charge in [0.25, 0.3) is 0 Å². The van der Waals surface area contributed by atoms with Crippen LogP contribution >= 0.6 is 0 Å². The Kier molecular flexibility index (Phi) is 4.47. The molecular formula is C12H21NO5S. The van der Waals surface area contributed by atoms with E-state index in [0.29, 0.717) is 12.8 Å². The minimum atomic E-state index is -3.43. The highest BCUT2D eigenvalue weighted by atomic mass is 32.2. The van der Waals surface area contributed by atoms with Gasteiger partial charge in [0, 0.05) is 12.1 Å². The van der Waals surface area contributed by atoms with Crippen molar-refractivity contribution < 1.29 is 23.1 Å². The van der Waals surface area contributed by atoms with Crippen LogP contribution in [0.1, 0.15) is 39.0 Å². The van der Waals surface area contributed by atoms with Gasteiger partial charge in [0.1, 0.15) is 0 Å². The number of aliphatic hydroxyl groups is 1. The third kappa shape index (κ3) is 3.27. The molecule has 2 unspecified atom stereocenters. The molecule has 6 nitrogen and oxygen atoms in total. The Bertz CT molecular complexity index is 421. The highest BCUT2D eigenvalue weighted by Gasteiger charge is 2.46. The summed E-state index contributed by atoms with van der Waals surface area (Å²) in [6.07, 6.45) is 2.13. The normalized spacial score (nSPS) is 31.4. The molecule has 0 aromatic carbocycles. The van der Waals surface area contributed by atoms with Gasteiger partial charge in [-0.25, -0.2) is 8.42 Å². The summed E-state index contributed by atoms with van der Waals surface area (Å²) in [5.41, 5.74) is 0. The summed E-state index contributed by atoms with van der Waals surface area (Å²) in [4.78, 5) is 11.3. The van der Waals surface area contributed by atoms with Crippen molar-refractivity contribution in [1.82, 2.24) is 4.31 Å². The van der Waals surface area contributed by atoms with Crippen molar-refractivity contribution in [2.45, 2.75) is 57.2 Å². The van der Waals surface area contributed by atoms with Crippen LogP contribution in [0.15, 0.2) is 0 Å². The molecule has 2 rings (SSSR count). The summed E-state index contributed by atoms with van der Waals surface area (Å²) in [7, 11) is -3.43. The van der Waals surface area contributed by atoms with E-state index in [1.807, 2.05) is 0 Å². The number of ether oxygens (including phenoxy) is 1. The zero-order valence-electron chi connectivity index (χ0n) is 11.1. The molecule has 0 aliphatic carbocycles. The maximum atomic E-state index is 12.3. The van der Waals surface area contributed by atoms with E-state index >= 15 is 0 Å². The van der Waals surface area contributed by atoms with Gasteiger partial charge in [-0.05, 0) is 32.6 Å². The van der Waals surface area contributed by atoms with Crippen molar-refractivity contribution in [2.75, 3.05) is 12.4 Å². The molecule has 0 aromatic rings. The Hall–Kier alpha value is -0.660. The van der Waals surface area contributed by atoms with Gasteiger partial charge in [0.05, 0.1) is 24.9 Å².